The second-order valence-electron chi connectivity index (χ2n) is 15.4. The summed E-state index contributed by atoms with van der Waals surface area (Å²) in [5, 5.41) is 11.9. The first-order valence-corrected chi connectivity index (χ1v) is 19.5. The first kappa shape index (κ1) is 41.1. The number of amides is 2. The number of fused-ring (bicyclic) bond motifs is 1. The molecular formula is C41H56N2O11. The number of nitrogens with zero attached hydrogens (tertiary/aromatic N) is 1. The highest BCUT2D eigenvalue weighted by molar-refractivity contribution is 5.98. The Hall–Kier alpha value is -4.07. The lowest BCUT2D eigenvalue weighted by Gasteiger charge is -2.33. The van der Waals surface area contributed by atoms with Crippen molar-refractivity contribution in [2.45, 2.75) is 135 Å². The Morgan fingerprint density at radius 2 is 1.70 bits per heavy atom. The van der Waals surface area contributed by atoms with Crippen LogP contribution in [0.2, 0.25) is 0 Å². The van der Waals surface area contributed by atoms with Crippen LogP contribution in [0.15, 0.2) is 42.0 Å². The molecule has 13 nitrogen and oxygen atoms in total. The number of hydrogen-bond acceptors (Lipinski definition) is 11. The zero-order valence-corrected chi connectivity index (χ0v) is 32.0. The maximum Gasteiger partial charge on any atom is 0.348 e. The van der Waals surface area contributed by atoms with Gasteiger partial charge in [-0.2, -0.15) is 0 Å². The van der Waals surface area contributed by atoms with Gasteiger partial charge in [0.2, 0.25) is 17.9 Å². The number of aliphatic hydroxyl groups excluding tert-OH is 1. The van der Waals surface area contributed by atoms with Gasteiger partial charge >= 0.3 is 17.9 Å². The maximum absolute atomic E-state index is 14.1. The summed E-state index contributed by atoms with van der Waals surface area (Å²) in [5.74, 6) is -3.36. The number of carbonyl (C=O) groups is 5. The van der Waals surface area contributed by atoms with Gasteiger partial charge in [-0.15, -0.1) is 0 Å². The number of benzene rings is 1. The third-order valence-corrected chi connectivity index (χ3v) is 10.6. The molecular weight excluding hydrogens is 696 g/mol. The van der Waals surface area contributed by atoms with E-state index in [1.165, 1.54) is 12.2 Å². The van der Waals surface area contributed by atoms with Gasteiger partial charge in [-0.1, -0.05) is 65.5 Å². The van der Waals surface area contributed by atoms with Crippen molar-refractivity contribution >= 4 is 35.8 Å². The third kappa shape index (κ3) is 9.96. The number of cyclic esters (lactones) is 1. The van der Waals surface area contributed by atoms with Crippen LogP contribution in [0.5, 0.6) is 0 Å². The summed E-state index contributed by atoms with van der Waals surface area (Å²) in [6, 6.07) is 5.82. The molecule has 1 aromatic rings. The highest BCUT2D eigenvalue weighted by atomic mass is 16.8. The molecule has 5 rings (SSSR count). The molecule has 0 bridgehead atoms. The average Bonchev–Trinajstić information content (AvgIpc) is 3.86. The van der Waals surface area contributed by atoms with Crippen LogP contribution in [0.1, 0.15) is 114 Å². The second-order valence-corrected chi connectivity index (χ2v) is 15.4. The minimum Gasteiger partial charge on any atom is -0.462 e. The van der Waals surface area contributed by atoms with E-state index in [2.05, 4.69) is 19.2 Å². The van der Waals surface area contributed by atoms with Crippen molar-refractivity contribution < 1.29 is 52.8 Å². The minimum atomic E-state index is -0.989. The van der Waals surface area contributed by atoms with E-state index < -0.39 is 59.6 Å². The first-order chi connectivity index (χ1) is 25.9. The summed E-state index contributed by atoms with van der Waals surface area (Å²) in [7, 11) is 0. The van der Waals surface area contributed by atoms with Crippen LogP contribution in [-0.2, 0) is 42.9 Å². The number of likely N-dealkylation sites (tertiary alicyclic amines) is 1. The summed E-state index contributed by atoms with van der Waals surface area (Å²) in [5.41, 5.74) is 0.657. The number of aliphatic hydroxyl groups is 1. The highest BCUT2D eigenvalue weighted by Crippen LogP contribution is 2.43. The molecule has 296 valence electrons. The molecule has 13 heteroatoms. The molecule has 0 saturated carbocycles. The van der Waals surface area contributed by atoms with Gasteiger partial charge in [0, 0.05) is 49.4 Å². The van der Waals surface area contributed by atoms with Gasteiger partial charge in [-0.05, 0) is 55.5 Å². The standard InChI is InChI=1S/C41H56N2O11/c1-5-7-9-19-41(20-10-8-6-2)53-32-25-29(37(47)43-22-11-12-30(43)36(46)42-21-23-44)24-31(34(32)54-41)51-38(48)28-16-13-27(14-17-28)15-18-33(45)52-35-39(49)50-26-40(35,3)4/h13-18,25,30-32,34-35,44H,5-12,19-24,26H2,1-4H3,(H,42,46)/t30-,31-,32-,34+,35+/m1/s1. The molecule has 2 amide bonds. The van der Waals surface area contributed by atoms with Gasteiger partial charge in [-0.25, -0.2) is 14.4 Å². The van der Waals surface area contributed by atoms with E-state index in [1.807, 2.05) is 0 Å². The predicted molar refractivity (Wildman–Crippen MR) is 198 cm³/mol. The largest absolute Gasteiger partial charge is 0.462 e. The van der Waals surface area contributed by atoms with Gasteiger partial charge in [0.05, 0.1) is 12.2 Å². The van der Waals surface area contributed by atoms with E-state index in [-0.39, 0.29) is 43.6 Å². The number of nitrogens with one attached hydrogen (secondary N) is 1. The molecule has 0 spiro atoms. The Labute approximate surface area is 317 Å². The number of esters is 3. The van der Waals surface area contributed by atoms with E-state index in [4.69, 9.17) is 23.7 Å². The fourth-order valence-corrected chi connectivity index (χ4v) is 7.54. The molecule has 4 aliphatic rings. The Balaban J connectivity index is 1.32. The van der Waals surface area contributed by atoms with Crippen LogP contribution in [0, 0.1) is 5.41 Å². The van der Waals surface area contributed by atoms with Crippen molar-refractivity contribution in [3.8, 4) is 0 Å². The number of unbranched alkanes of at least 4 members (excludes halogenated alkanes) is 4. The molecule has 3 fully saturated rings. The quantitative estimate of drug-likeness (QED) is 0.0973. The molecule has 5 atom stereocenters. The number of carbonyl (C=O) groups excluding carboxylic acids is 5. The lowest BCUT2D eigenvalue weighted by atomic mass is 9.90. The van der Waals surface area contributed by atoms with Crippen molar-refractivity contribution in [1.29, 1.82) is 0 Å². The highest BCUT2D eigenvalue weighted by Gasteiger charge is 2.53. The summed E-state index contributed by atoms with van der Waals surface area (Å²) >= 11 is 0. The van der Waals surface area contributed by atoms with Crippen LogP contribution < -0.4 is 5.32 Å². The van der Waals surface area contributed by atoms with Crippen molar-refractivity contribution in [1.82, 2.24) is 10.2 Å². The molecule has 3 saturated heterocycles. The lowest BCUT2D eigenvalue weighted by molar-refractivity contribution is -0.190. The smallest absolute Gasteiger partial charge is 0.348 e. The van der Waals surface area contributed by atoms with Crippen LogP contribution >= 0.6 is 0 Å². The van der Waals surface area contributed by atoms with Gasteiger partial charge in [-0.3, -0.25) is 9.59 Å². The fraction of sp³-hybridized carbons (Fsp3) is 0.634. The topological polar surface area (TPSA) is 167 Å². The van der Waals surface area contributed by atoms with Crippen LogP contribution in [0.3, 0.4) is 0 Å². The molecule has 3 heterocycles. The molecule has 2 N–H and O–H groups in total. The lowest BCUT2D eigenvalue weighted by Crippen LogP contribution is -2.49. The van der Waals surface area contributed by atoms with Crippen LogP contribution in [-0.4, -0.2) is 102 Å². The summed E-state index contributed by atoms with van der Waals surface area (Å²) in [6.45, 7) is 8.33. The zero-order valence-electron chi connectivity index (χ0n) is 32.0. The molecule has 1 aliphatic carbocycles. The minimum absolute atomic E-state index is 0.0881. The Morgan fingerprint density at radius 1 is 1.00 bits per heavy atom. The average molecular weight is 753 g/mol. The van der Waals surface area contributed by atoms with Gasteiger partial charge < -0.3 is 39.0 Å². The molecule has 3 aliphatic heterocycles. The maximum atomic E-state index is 14.1. The summed E-state index contributed by atoms with van der Waals surface area (Å²) < 4.78 is 30.0. The number of rotatable bonds is 17. The van der Waals surface area contributed by atoms with Crippen LogP contribution in [0.25, 0.3) is 6.08 Å². The Morgan fingerprint density at radius 3 is 2.33 bits per heavy atom. The van der Waals surface area contributed by atoms with E-state index >= 15 is 0 Å². The van der Waals surface area contributed by atoms with E-state index in [0.717, 1.165) is 38.5 Å². The van der Waals surface area contributed by atoms with Crippen molar-refractivity contribution in [3.05, 3.63) is 53.1 Å². The normalized spacial score (nSPS) is 25.6. The molecule has 0 aromatic heterocycles. The molecule has 0 radical (unpaired) electrons. The van der Waals surface area contributed by atoms with Crippen molar-refractivity contribution in [2.75, 3.05) is 26.3 Å². The monoisotopic (exact) mass is 752 g/mol. The van der Waals surface area contributed by atoms with Crippen LogP contribution in [0.4, 0.5) is 0 Å². The van der Waals surface area contributed by atoms with Gasteiger partial charge in [0.15, 0.2) is 5.79 Å². The second kappa shape index (κ2) is 18.5. The molecule has 54 heavy (non-hydrogen) atoms. The predicted octanol–water partition coefficient (Wildman–Crippen LogP) is 4.79. The van der Waals surface area contributed by atoms with Gasteiger partial charge in [0.25, 0.3) is 0 Å². The fourth-order valence-electron chi connectivity index (χ4n) is 7.54. The van der Waals surface area contributed by atoms with E-state index in [1.54, 1.807) is 49.1 Å². The number of hydrogen-bond donors (Lipinski definition) is 2. The molecule has 0 unspecified atom stereocenters. The number of ether oxygens (including phenoxy) is 5. The zero-order chi connectivity index (χ0) is 38.9. The van der Waals surface area contributed by atoms with Crippen molar-refractivity contribution in [2.24, 2.45) is 5.41 Å². The molecule has 1 aromatic carbocycles. The first-order valence-electron chi connectivity index (χ1n) is 19.5. The third-order valence-electron chi connectivity index (χ3n) is 10.6. The SMILES string of the molecule is CCCCCC1(CCCCC)O[C@@H]2[C@@H](C=C(C(=O)N3CCC[C@@H]3C(=O)NCCO)C[C@H]2OC(=O)c2ccc(C=CC(=O)O[C@H]3C(=O)OCC3(C)C)cc2)O1. The van der Waals surface area contributed by atoms with E-state index in [9.17, 15) is 29.1 Å². The van der Waals surface area contributed by atoms with Gasteiger partial charge in [0.1, 0.15) is 31.0 Å². The summed E-state index contributed by atoms with van der Waals surface area (Å²) in [6.07, 6.45) is 9.99. The summed E-state index contributed by atoms with van der Waals surface area (Å²) in [4.78, 5) is 66.7. The Bertz CT molecular complexity index is 1560. The van der Waals surface area contributed by atoms with E-state index in [0.29, 0.717) is 43.4 Å². The van der Waals surface area contributed by atoms with Crippen molar-refractivity contribution in [3.63, 3.8) is 0 Å². The Kier molecular flexibility index (Phi) is 14.1.